The summed E-state index contributed by atoms with van der Waals surface area (Å²) >= 11 is 0. The highest BCUT2D eigenvalue weighted by Gasteiger charge is 2.24. The highest BCUT2D eigenvalue weighted by Crippen LogP contribution is 2.19. The Morgan fingerprint density at radius 2 is 1.56 bits per heavy atom. The van der Waals surface area contributed by atoms with E-state index >= 15 is 0 Å². The molecule has 0 radical (unpaired) electrons. The number of nitrogens with one attached hydrogen (secondary N) is 1. The minimum absolute atomic E-state index is 0.0239. The number of amides is 2. The van der Waals surface area contributed by atoms with E-state index in [1.54, 1.807) is 24.3 Å². The van der Waals surface area contributed by atoms with Crippen molar-refractivity contribution in [3.63, 3.8) is 0 Å². The van der Waals surface area contributed by atoms with Crippen LogP contribution < -0.4 is 11.1 Å². The predicted octanol–water partition coefficient (Wildman–Crippen LogP) is 5.06. The minimum atomic E-state index is -0.257. The molecule has 1 rings (SSSR count). The average molecular weight is 474 g/mol. The van der Waals surface area contributed by atoms with Gasteiger partial charge in [-0.25, -0.2) is 0 Å². The maximum absolute atomic E-state index is 13.0. The minimum Gasteiger partial charge on any atom is -0.356 e. The first kappa shape index (κ1) is 29.8. The molecule has 2 amide bonds. The number of nitrogens with zero attached hydrogens (tertiary/aromatic N) is 1. The number of nitrogens with two attached hydrogens (primary N) is 1. The molecule has 0 saturated heterocycles. The van der Waals surface area contributed by atoms with Crippen molar-refractivity contribution in [2.45, 2.75) is 86.1 Å². The Morgan fingerprint density at radius 3 is 2.12 bits per heavy atom. The molecule has 6 heteroatoms. The van der Waals surface area contributed by atoms with Crippen LogP contribution in [0.1, 0.15) is 101 Å². The molecule has 0 saturated carbocycles. The molecule has 3 N–H and O–H groups in total. The number of benzene rings is 1. The third-order valence-corrected chi connectivity index (χ3v) is 6.74. The Hall–Kier alpha value is -2.21. The van der Waals surface area contributed by atoms with E-state index in [-0.39, 0.29) is 41.9 Å². The predicted molar refractivity (Wildman–Crippen MR) is 140 cm³/mol. The van der Waals surface area contributed by atoms with Crippen LogP contribution in [0.4, 0.5) is 0 Å². The average Bonchev–Trinajstić information content (AvgIpc) is 2.83. The Balaban J connectivity index is 2.70. The first-order valence-corrected chi connectivity index (χ1v) is 13.1. The van der Waals surface area contributed by atoms with Gasteiger partial charge in [0, 0.05) is 49.1 Å². The molecule has 1 aromatic rings. The SMILES string of the molecule is CCCN(CCC)C(=O)c1cccc(C(=O)C[C@@H](C)[C@@H](N)C[C@@H](C)C(=O)NCC(CC)CC)c1. The number of carbonyl (C=O) groups is 3. The zero-order valence-electron chi connectivity index (χ0n) is 22.2. The number of hydrogen-bond acceptors (Lipinski definition) is 4. The second kappa shape index (κ2) is 15.6. The molecule has 0 aromatic heterocycles. The highest BCUT2D eigenvalue weighted by atomic mass is 16.2. The van der Waals surface area contributed by atoms with E-state index in [0.717, 1.165) is 25.7 Å². The van der Waals surface area contributed by atoms with Crippen LogP contribution in [-0.2, 0) is 4.79 Å². The van der Waals surface area contributed by atoms with Gasteiger partial charge in [0.2, 0.25) is 5.91 Å². The smallest absolute Gasteiger partial charge is 0.253 e. The van der Waals surface area contributed by atoms with Crippen molar-refractivity contribution < 1.29 is 14.4 Å². The Kier molecular flexibility index (Phi) is 13.7. The van der Waals surface area contributed by atoms with Crippen molar-refractivity contribution in [3.8, 4) is 0 Å². The van der Waals surface area contributed by atoms with Crippen LogP contribution in [0.5, 0.6) is 0 Å². The van der Waals surface area contributed by atoms with Crippen molar-refractivity contribution in [1.82, 2.24) is 10.2 Å². The molecule has 192 valence electrons. The molecule has 1 aromatic carbocycles. The van der Waals surface area contributed by atoms with Crippen molar-refractivity contribution >= 4 is 17.6 Å². The van der Waals surface area contributed by atoms with E-state index in [1.165, 1.54) is 0 Å². The molecule has 6 nitrogen and oxygen atoms in total. The summed E-state index contributed by atoms with van der Waals surface area (Å²) in [5, 5.41) is 3.04. The number of carbonyl (C=O) groups excluding carboxylic acids is 3. The molecule has 0 spiro atoms. The van der Waals surface area contributed by atoms with Gasteiger partial charge in [0.1, 0.15) is 0 Å². The highest BCUT2D eigenvalue weighted by molar-refractivity contribution is 6.00. The lowest BCUT2D eigenvalue weighted by atomic mass is 9.88. The third kappa shape index (κ3) is 9.57. The second-order valence-corrected chi connectivity index (χ2v) is 9.71. The molecule has 0 heterocycles. The van der Waals surface area contributed by atoms with E-state index in [4.69, 9.17) is 5.73 Å². The standard InChI is InChI=1S/C28H47N3O3/c1-7-14-31(15-8-2)28(34)24-13-11-12-23(18-24)26(32)17-20(5)25(29)16-21(6)27(33)30-19-22(9-3)10-4/h11-13,18,20-22,25H,7-10,14-17,19,29H2,1-6H3,(H,30,33)/t20-,21-,25+/m1/s1. The van der Waals surface area contributed by atoms with Crippen molar-refractivity contribution in [1.29, 1.82) is 0 Å². The zero-order valence-corrected chi connectivity index (χ0v) is 22.2. The van der Waals surface area contributed by atoms with Gasteiger partial charge < -0.3 is 16.0 Å². The van der Waals surface area contributed by atoms with Crippen molar-refractivity contribution in [2.24, 2.45) is 23.5 Å². The monoisotopic (exact) mass is 473 g/mol. The second-order valence-electron chi connectivity index (χ2n) is 9.71. The Morgan fingerprint density at radius 1 is 0.971 bits per heavy atom. The van der Waals surface area contributed by atoms with Crippen LogP contribution >= 0.6 is 0 Å². The number of rotatable bonds is 16. The van der Waals surface area contributed by atoms with Crippen molar-refractivity contribution in [3.05, 3.63) is 35.4 Å². The number of ketones is 1. The van der Waals surface area contributed by atoms with E-state index < -0.39 is 0 Å². The summed E-state index contributed by atoms with van der Waals surface area (Å²) in [5.74, 6) is 0.192. The molecular formula is C28H47N3O3. The van der Waals surface area contributed by atoms with E-state index in [1.807, 2.05) is 18.7 Å². The van der Waals surface area contributed by atoms with E-state index in [0.29, 0.717) is 43.1 Å². The summed E-state index contributed by atoms with van der Waals surface area (Å²) < 4.78 is 0. The van der Waals surface area contributed by atoms with Gasteiger partial charge in [0.25, 0.3) is 5.91 Å². The van der Waals surface area contributed by atoms with Gasteiger partial charge in [-0.1, -0.05) is 66.5 Å². The van der Waals surface area contributed by atoms with Gasteiger partial charge in [-0.15, -0.1) is 0 Å². The first-order valence-electron chi connectivity index (χ1n) is 13.1. The van der Waals surface area contributed by atoms with Gasteiger partial charge in [-0.05, 0) is 43.2 Å². The van der Waals surface area contributed by atoms with Crippen LogP contribution in [-0.4, -0.2) is 48.2 Å². The molecule has 0 aliphatic carbocycles. The Labute approximate surface area is 207 Å². The van der Waals surface area contributed by atoms with Gasteiger partial charge in [0.15, 0.2) is 5.78 Å². The fraction of sp³-hybridized carbons (Fsp3) is 0.679. The van der Waals surface area contributed by atoms with Gasteiger partial charge in [-0.2, -0.15) is 0 Å². The number of Topliss-reactive ketones (excluding diaryl/α,β-unsaturated/α-hetero) is 1. The molecule has 0 fully saturated rings. The fourth-order valence-electron chi connectivity index (χ4n) is 4.17. The molecule has 0 aliphatic heterocycles. The summed E-state index contributed by atoms with van der Waals surface area (Å²) in [7, 11) is 0. The summed E-state index contributed by atoms with van der Waals surface area (Å²) in [5.41, 5.74) is 7.47. The molecule has 0 aliphatic rings. The van der Waals surface area contributed by atoms with Crippen LogP contribution in [0.15, 0.2) is 24.3 Å². The summed E-state index contributed by atoms with van der Waals surface area (Å²) in [4.78, 5) is 40.2. The zero-order chi connectivity index (χ0) is 25.7. The van der Waals surface area contributed by atoms with Gasteiger partial charge in [0.05, 0.1) is 0 Å². The maximum Gasteiger partial charge on any atom is 0.253 e. The molecule has 3 atom stereocenters. The van der Waals surface area contributed by atoms with Gasteiger partial charge >= 0.3 is 0 Å². The topological polar surface area (TPSA) is 92.5 Å². The van der Waals surface area contributed by atoms with E-state index in [2.05, 4.69) is 33.0 Å². The van der Waals surface area contributed by atoms with Crippen LogP contribution in [0.3, 0.4) is 0 Å². The summed E-state index contributed by atoms with van der Waals surface area (Å²) in [6.07, 6.45) is 4.71. The van der Waals surface area contributed by atoms with E-state index in [9.17, 15) is 14.4 Å². The largest absolute Gasteiger partial charge is 0.356 e. The lowest BCUT2D eigenvalue weighted by molar-refractivity contribution is -0.125. The number of hydrogen-bond donors (Lipinski definition) is 2. The lowest BCUT2D eigenvalue weighted by Crippen LogP contribution is -2.38. The Bertz CT molecular complexity index is 770. The molecule has 34 heavy (non-hydrogen) atoms. The van der Waals surface area contributed by atoms with Crippen LogP contribution in [0.2, 0.25) is 0 Å². The molecule has 0 unspecified atom stereocenters. The lowest BCUT2D eigenvalue weighted by Gasteiger charge is -2.23. The molecule has 0 bridgehead atoms. The quantitative estimate of drug-likeness (QED) is 0.328. The van der Waals surface area contributed by atoms with Gasteiger partial charge in [-0.3, -0.25) is 14.4 Å². The fourth-order valence-corrected chi connectivity index (χ4v) is 4.17. The van der Waals surface area contributed by atoms with Crippen LogP contribution in [0.25, 0.3) is 0 Å². The van der Waals surface area contributed by atoms with Crippen molar-refractivity contribution in [2.75, 3.05) is 19.6 Å². The third-order valence-electron chi connectivity index (χ3n) is 6.74. The first-order chi connectivity index (χ1) is 16.2. The maximum atomic E-state index is 13.0. The molecular weight excluding hydrogens is 426 g/mol. The summed E-state index contributed by atoms with van der Waals surface area (Å²) in [6.45, 7) is 14.3. The normalized spacial score (nSPS) is 13.9. The summed E-state index contributed by atoms with van der Waals surface area (Å²) in [6, 6.07) is 6.75. The van der Waals surface area contributed by atoms with Crippen LogP contribution in [0, 0.1) is 17.8 Å².